The zero-order chi connectivity index (χ0) is 8.22. The molecule has 5 unspecified atom stereocenters. The Labute approximate surface area is 68.8 Å². The highest BCUT2D eigenvalue weighted by Crippen LogP contribution is 2.57. The van der Waals surface area contributed by atoms with Crippen molar-refractivity contribution in [3.8, 4) is 0 Å². The van der Waals surface area contributed by atoms with Crippen molar-refractivity contribution >= 4 is 0 Å². The molecule has 0 spiro atoms. The van der Waals surface area contributed by atoms with Crippen molar-refractivity contribution < 1.29 is 5.11 Å². The lowest BCUT2D eigenvalue weighted by molar-refractivity contribution is -0.0151. The molecule has 0 amide bonds. The molecule has 0 aliphatic heterocycles. The molecule has 0 radical (unpaired) electrons. The number of hydrogen-bond acceptors (Lipinski definition) is 1. The van der Waals surface area contributed by atoms with E-state index in [2.05, 4.69) is 20.8 Å². The minimum atomic E-state index is -0.288. The molecular formula is C10H18O. The van der Waals surface area contributed by atoms with E-state index in [4.69, 9.17) is 0 Å². The molecule has 0 saturated heterocycles. The maximum atomic E-state index is 10.2. The van der Waals surface area contributed by atoms with Crippen LogP contribution in [0.5, 0.6) is 0 Å². The third kappa shape index (κ3) is 0.807. The van der Waals surface area contributed by atoms with Crippen LogP contribution in [-0.4, -0.2) is 10.7 Å². The van der Waals surface area contributed by atoms with Gasteiger partial charge in [0.15, 0.2) is 0 Å². The van der Waals surface area contributed by atoms with Crippen LogP contribution in [0.1, 0.15) is 33.6 Å². The molecule has 2 aliphatic carbocycles. The summed E-state index contributed by atoms with van der Waals surface area (Å²) in [6, 6.07) is 0. The van der Waals surface area contributed by atoms with Gasteiger partial charge in [-0.3, -0.25) is 0 Å². The van der Waals surface area contributed by atoms with Crippen molar-refractivity contribution in [3.63, 3.8) is 0 Å². The van der Waals surface area contributed by atoms with Gasteiger partial charge in [-0.05, 0) is 36.5 Å². The minimum Gasteiger partial charge on any atom is -0.390 e. The van der Waals surface area contributed by atoms with Crippen LogP contribution in [0.15, 0.2) is 0 Å². The standard InChI is InChI=1S/C10H18O/c1-6-4-10(11)5-9(6)7(2)8(10)3/h6-9,11H,4-5H2,1-3H3. The van der Waals surface area contributed by atoms with E-state index in [1.807, 2.05) is 0 Å². The molecule has 1 N–H and O–H groups in total. The molecule has 2 bridgehead atoms. The minimum absolute atomic E-state index is 0.288. The Hall–Kier alpha value is -0.0400. The molecule has 2 aliphatic rings. The second kappa shape index (κ2) is 2.01. The predicted molar refractivity (Wildman–Crippen MR) is 45.2 cm³/mol. The van der Waals surface area contributed by atoms with Crippen LogP contribution in [0.3, 0.4) is 0 Å². The first kappa shape index (κ1) is 7.60. The molecule has 0 aromatic carbocycles. The van der Waals surface area contributed by atoms with Gasteiger partial charge in [0.2, 0.25) is 0 Å². The third-order valence-corrected chi connectivity index (χ3v) is 4.31. The number of hydrogen-bond donors (Lipinski definition) is 1. The third-order valence-electron chi connectivity index (χ3n) is 4.31. The van der Waals surface area contributed by atoms with Crippen molar-refractivity contribution in [1.82, 2.24) is 0 Å². The summed E-state index contributed by atoms with van der Waals surface area (Å²) >= 11 is 0. The second-order valence-corrected chi connectivity index (χ2v) is 4.80. The Morgan fingerprint density at radius 1 is 1.18 bits per heavy atom. The fourth-order valence-corrected chi connectivity index (χ4v) is 3.34. The van der Waals surface area contributed by atoms with Crippen molar-refractivity contribution in [2.24, 2.45) is 23.7 Å². The van der Waals surface area contributed by atoms with E-state index in [-0.39, 0.29) is 5.60 Å². The van der Waals surface area contributed by atoms with Crippen molar-refractivity contribution in [3.05, 3.63) is 0 Å². The van der Waals surface area contributed by atoms with E-state index < -0.39 is 0 Å². The van der Waals surface area contributed by atoms with Gasteiger partial charge in [0.05, 0.1) is 5.60 Å². The van der Waals surface area contributed by atoms with Crippen LogP contribution in [0, 0.1) is 23.7 Å². The zero-order valence-electron chi connectivity index (χ0n) is 7.67. The summed E-state index contributed by atoms with van der Waals surface area (Å²) in [5, 5.41) is 10.2. The van der Waals surface area contributed by atoms with Gasteiger partial charge in [0.25, 0.3) is 0 Å². The molecule has 64 valence electrons. The van der Waals surface area contributed by atoms with E-state index >= 15 is 0 Å². The molecule has 0 aromatic rings. The quantitative estimate of drug-likeness (QED) is 0.566. The van der Waals surface area contributed by atoms with Crippen molar-refractivity contribution in [2.45, 2.75) is 39.2 Å². The summed E-state index contributed by atoms with van der Waals surface area (Å²) in [6.07, 6.45) is 2.11. The SMILES string of the molecule is CC1CC2(O)CC1C(C)C2C. The highest BCUT2D eigenvalue weighted by molar-refractivity contribution is 5.06. The Bertz CT molecular complexity index is 178. The van der Waals surface area contributed by atoms with Crippen molar-refractivity contribution in [2.75, 3.05) is 0 Å². The Morgan fingerprint density at radius 3 is 2.18 bits per heavy atom. The molecule has 2 fully saturated rings. The van der Waals surface area contributed by atoms with Gasteiger partial charge in [-0.1, -0.05) is 20.8 Å². The molecule has 5 atom stereocenters. The first-order chi connectivity index (χ1) is 5.04. The normalized spacial score (nSPS) is 62.2. The average molecular weight is 154 g/mol. The lowest BCUT2D eigenvalue weighted by Crippen LogP contribution is -2.35. The Kier molecular flexibility index (Phi) is 1.39. The maximum absolute atomic E-state index is 10.2. The summed E-state index contributed by atoms with van der Waals surface area (Å²) in [6.45, 7) is 6.78. The number of aliphatic hydroxyl groups is 1. The van der Waals surface area contributed by atoms with E-state index in [0.717, 1.165) is 30.6 Å². The molecule has 2 rings (SSSR count). The van der Waals surface area contributed by atoms with Gasteiger partial charge in [-0.2, -0.15) is 0 Å². The first-order valence-corrected chi connectivity index (χ1v) is 4.77. The zero-order valence-corrected chi connectivity index (χ0v) is 7.67. The summed E-state index contributed by atoms with van der Waals surface area (Å²) in [5.74, 6) is 2.83. The van der Waals surface area contributed by atoms with Gasteiger partial charge >= 0.3 is 0 Å². The van der Waals surface area contributed by atoms with Gasteiger partial charge in [-0.25, -0.2) is 0 Å². The molecule has 1 heteroatoms. The van der Waals surface area contributed by atoms with E-state index in [1.165, 1.54) is 0 Å². The second-order valence-electron chi connectivity index (χ2n) is 4.80. The highest BCUT2D eigenvalue weighted by atomic mass is 16.3. The summed E-state index contributed by atoms with van der Waals surface area (Å²) in [7, 11) is 0. The van der Waals surface area contributed by atoms with Gasteiger partial charge < -0.3 is 5.11 Å². The van der Waals surface area contributed by atoms with Gasteiger partial charge in [0.1, 0.15) is 0 Å². The molecule has 2 saturated carbocycles. The van der Waals surface area contributed by atoms with E-state index in [0.29, 0.717) is 5.92 Å². The van der Waals surface area contributed by atoms with E-state index in [9.17, 15) is 5.11 Å². The fraction of sp³-hybridized carbons (Fsp3) is 1.00. The summed E-state index contributed by atoms with van der Waals surface area (Å²) in [5.41, 5.74) is -0.288. The lowest BCUT2D eigenvalue weighted by Gasteiger charge is -2.34. The number of fused-ring (bicyclic) bond motifs is 2. The van der Waals surface area contributed by atoms with Crippen LogP contribution in [0.25, 0.3) is 0 Å². The molecule has 0 heterocycles. The predicted octanol–water partition coefficient (Wildman–Crippen LogP) is 2.05. The van der Waals surface area contributed by atoms with Crippen LogP contribution >= 0.6 is 0 Å². The molecule has 11 heavy (non-hydrogen) atoms. The fourth-order valence-electron chi connectivity index (χ4n) is 3.34. The highest BCUT2D eigenvalue weighted by Gasteiger charge is 2.56. The Morgan fingerprint density at radius 2 is 1.82 bits per heavy atom. The monoisotopic (exact) mass is 154 g/mol. The maximum Gasteiger partial charge on any atom is 0.0681 e. The van der Waals surface area contributed by atoms with Gasteiger partial charge in [-0.15, -0.1) is 0 Å². The topological polar surface area (TPSA) is 20.2 Å². The summed E-state index contributed by atoms with van der Waals surface area (Å²) < 4.78 is 0. The van der Waals surface area contributed by atoms with E-state index in [1.54, 1.807) is 0 Å². The van der Waals surface area contributed by atoms with Crippen LogP contribution in [-0.2, 0) is 0 Å². The molecular weight excluding hydrogens is 136 g/mol. The smallest absolute Gasteiger partial charge is 0.0681 e. The van der Waals surface area contributed by atoms with Crippen LogP contribution in [0.2, 0.25) is 0 Å². The largest absolute Gasteiger partial charge is 0.390 e. The van der Waals surface area contributed by atoms with Crippen LogP contribution < -0.4 is 0 Å². The average Bonchev–Trinajstić information content (AvgIpc) is 2.32. The summed E-state index contributed by atoms with van der Waals surface area (Å²) in [4.78, 5) is 0. The Balaban J connectivity index is 2.27. The molecule has 1 nitrogen and oxygen atoms in total. The van der Waals surface area contributed by atoms with Crippen LogP contribution in [0.4, 0.5) is 0 Å². The molecule has 0 aromatic heterocycles. The number of rotatable bonds is 0. The first-order valence-electron chi connectivity index (χ1n) is 4.77. The van der Waals surface area contributed by atoms with Crippen molar-refractivity contribution in [1.29, 1.82) is 0 Å². The van der Waals surface area contributed by atoms with Gasteiger partial charge in [0, 0.05) is 0 Å². The lowest BCUT2D eigenvalue weighted by atomic mass is 9.75.